The molecular formula is C34H32. The second kappa shape index (κ2) is 9.31. The van der Waals surface area contributed by atoms with Crippen molar-refractivity contribution in [2.45, 2.75) is 39.0 Å². The molecule has 0 heterocycles. The molecule has 0 aliphatic heterocycles. The first kappa shape index (κ1) is 22.2. The lowest BCUT2D eigenvalue weighted by molar-refractivity contribution is 0.699. The van der Waals surface area contributed by atoms with E-state index in [9.17, 15) is 0 Å². The van der Waals surface area contributed by atoms with Gasteiger partial charge in [0, 0.05) is 0 Å². The first-order valence-corrected chi connectivity index (χ1v) is 12.2. The highest BCUT2D eigenvalue weighted by molar-refractivity contribution is 5.63. The van der Waals surface area contributed by atoms with Crippen LogP contribution in [0.2, 0.25) is 0 Å². The molecule has 0 unspecified atom stereocenters. The van der Waals surface area contributed by atoms with Gasteiger partial charge in [-0.2, -0.15) is 0 Å². The fraction of sp³-hybridized carbons (Fsp3) is 0.176. The summed E-state index contributed by atoms with van der Waals surface area (Å²) >= 11 is 0. The van der Waals surface area contributed by atoms with Crippen LogP contribution in [-0.2, 0) is 11.8 Å². The number of rotatable bonds is 6. The third-order valence-corrected chi connectivity index (χ3v) is 7.07. The predicted octanol–water partition coefficient (Wildman–Crippen LogP) is 8.45. The van der Waals surface area contributed by atoms with Crippen molar-refractivity contribution in [2.24, 2.45) is 0 Å². The van der Waals surface area contributed by atoms with Gasteiger partial charge in [0.15, 0.2) is 0 Å². The Bertz CT molecular complexity index is 1260. The molecule has 0 radical (unpaired) electrons. The highest BCUT2D eigenvalue weighted by Crippen LogP contribution is 2.50. The van der Waals surface area contributed by atoms with Gasteiger partial charge >= 0.3 is 0 Å². The Hall–Kier alpha value is -3.64. The largest absolute Gasteiger partial charge is 0.0801 e. The van der Waals surface area contributed by atoms with E-state index in [-0.39, 0.29) is 5.41 Å². The van der Waals surface area contributed by atoms with Gasteiger partial charge in [-0.25, -0.2) is 0 Å². The molecule has 0 saturated heterocycles. The first-order valence-electron chi connectivity index (χ1n) is 12.2. The first-order chi connectivity index (χ1) is 16.6. The van der Waals surface area contributed by atoms with Crippen molar-refractivity contribution in [1.82, 2.24) is 0 Å². The van der Waals surface area contributed by atoms with Gasteiger partial charge in [0.2, 0.25) is 0 Å². The van der Waals surface area contributed by atoms with Crippen LogP contribution < -0.4 is 0 Å². The summed E-state index contributed by atoms with van der Waals surface area (Å²) in [7, 11) is 0. The van der Waals surface area contributed by atoms with Gasteiger partial charge in [-0.1, -0.05) is 132 Å². The number of aryl methyl sites for hydroxylation is 3. The average Bonchev–Trinajstić information content (AvgIpc) is 3.29. The Morgan fingerprint density at radius 1 is 0.588 bits per heavy atom. The minimum atomic E-state index is -0.350. The second-order valence-electron chi connectivity index (χ2n) is 9.63. The van der Waals surface area contributed by atoms with Gasteiger partial charge in [0.05, 0.1) is 5.41 Å². The summed E-state index contributed by atoms with van der Waals surface area (Å²) in [5.41, 5.74) is 11.8. The van der Waals surface area contributed by atoms with Gasteiger partial charge in [0.25, 0.3) is 0 Å². The van der Waals surface area contributed by atoms with Crippen molar-refractivity contribution in [1.29, 1.82) is 0 Å². The van der Waals surface area contributed by atoms with E-state index in [2.05, 4.69) is 136 Å². The number of hydrogen-bond donors (Lipinski definition) is 0. The van der Waals surface area contributed by atoms with Crippen LogP contribution in [0.5, 0.6) is 0 Å². The molecule has 0 saturated carbocycles. The van der Waals surface area contributed by atoms with Crippen molar-refractivity contribution in [3.05, 3.63) is 165 Å². The van der Waals surface area contributed by atoms with E-state index in [0.717, 1.165) is 12.8 Å². The average molecular weight is 441 g/mol. The molecule has 0 fully saturated rings. The van der Waals surface area contributed by atoms with Crippen molar-refractivity contribution in [3.63, 3.8) is 0 Å². The summed E-state index contributed by atoms with van der Waals surface area (Å²) in [4.78, 5) is 0. The van der Waals surface area contributed by atoms with Crippen molar-refractivity contribution < 1.29 is 0 Å². The van der Waals surface area contributed by atoms with E-state index < -0.39 is 0 Å². The van der Waals surface area contributed by atoms with Gasteiger partial charge in [-0.3, -0.25) is 0 Å². The SMILES string of the molecule is Cc1cccc(C(C2=C(Cc3ccccc3)C=CC2)(c2cccc(C)c2)c2cccc(C)c2)c1. The maximum Gasteiger partial charge on any atom is 0.0670 e. The molecule has 1 aliphatic carbocycles. The van der Waals surface area contributed by atoms with E-state index in [4.69, 9.17) is 0 Å². The predicted molar refractivity (Wildman–Crippen MR) is 144 cm³/mol. The molecule has 0 aromatic heterocycles. The number of allylic oxidation sites excluding steroid dienone is 4. The zero-order valence-corrected chi connectivity index (χ0v) is 20.4. The maximum atomic E-state index is 2.39. The molecule has 0 N–H and O–H groups in total. The summed E-state index contributed by atoms with van der Waals surface area (Å²) in [6.45, 7) is 6.60. The highest BCUT2D eigenvalue weighted by Gasteiger charge is 2.42. The molecular weight excluding hydrogens is 408 g/mol. The Kier molecular flexibility index (Phi) is 6.07. The molecule has 0 heteroatoms. The van der Waals surface area contributed by atoms with Crippen molar-refractivity contribution in [2.75, 3.05) is 0 Å². The minimum absolute atomic E-state index is 0.350. The van der Waals surface area contributed by atoms with E-state index in [1.165, 1.54) is 50.1 Å². The van der Waals surface area contributed by atoms with Crippen LogP contribution in [0.1, 0.15) is 45.4 Å². The molecule has 1 aliphatic rings. The van der Waals surface area contributed by atoms with Crippen LogP contribution in [0.4, 0.5) is 0 Å². The normalized spacial score (nSPS) is 13.5. The third kappa shape index (κ3) is 4.05. The van der Waals surface area contributed by atoms with Gasteiger partial charge in [-0.05, 0) is 67.0 Å². The fourth-order valence-corrected chi connectivity index (χ4v) is 5.58. The van der Waals surface area contributed by atoms with E-state index in [1.54, 1.807) is 0 Å². The van der Waals surface area contributed by atoms with Crippen LogP contribution in [-0.4, -0.2) is 0 Å². The topological polar surface area (TPSA) is 0 Å². The van der Waals surface area contributed by atoms with Gasteiger partial charge in [-0.15, -0.1) is 0 Å². The molecule has 5 rings (SSSR count). The van der Waals surface area contributed by atoms with E-state index in [0.29, 0.717) is 0 Å². The summed E-state index contributed by atoms with van der Waals surface area (Å²) in [5.74, 6) is 0. The van der Waals surface area contributed by atoms with Gasteiger partial charge < -0.3 is 0 Å². The molecule has 0 spiro atoms. The second-order valence-corrected chi connectivity index (χ2v) is 9.63. The highest BCUT2D eigenvalue weighted by atomic mass is 14.4. The zero-order valence-electron chi connectivity index (χ0n) is 20.4. The standard InChI is InChI=1S/C34H32/c1-25-11-7-17-30(21-25)34(31-18-8-12-26(2)22-31,32-19-9-13-27(3)23-32)33-20-10-16-29(33)24-28-14-5-4-6-15-28/h4-19,21-23H,20,24H2,1-3H3. The lowest BCUT2D eigenvalue weighted by Gasteiger charge is -2.39. The summed E-state index contributed by atoms with van der Waals surface area (Å²) in [5, 5.41) is 0. The Labute approximate surface area is 204 Å². The van der Waals surface area contributed by atoms with Crippen molar-refractivity contribution in [3.8, 4) is 0 Å². The van der Waals surface area contributed by atoms with Crippen LogP contribution >= 0.6 is 0 Å². The van der Waals surface area contributed by atoms with E-state index >= 15 is 0 Å². The Morgan fingerprint density at radius 2 is 1.09 bits per heavy atom. The molecule has 4 aromatic rings. The summed E-state index contributed by atoms with van der Waals surface area (Å²) in [6.07, 6.45) is 6.61. The molecule has 0 nitrogen and oxygen atoms in total. The van der Waals surface area contributed by atoms with Crippen LogP contribution in [0.3, 0.4) is 0 Å². The van der Waals surface area contributed by atoms with Crippen LogP contribution in [0.15, 0.2) is 126 Å². The minimum Gasteiger partial charge on any atom is -0.0801 e. The quantitative estimate of drug-likeness (QED) is 0.264. The zero-order chi connectivity index (χ0) is 23.5. The number of benzene rings is 4. The lowest BCUT2D eigenvalue weighted by Crippen LogP contribution is -2.33. The molecule has 34 heavy (non-hydrogen) atoms. The molecule has 0 amide bonds. The number of hydrogen-bond acceptors (Lipinski definition) is 0. The molecule has 168 valence electrons. The van der Waals surface area contributed by atoms with Crippen molar-refractivity contribution >= 4 is 0 Å². The van der Waals surface area contributed by atoms with Crippen LogP contribution in [0.25, 0.3) is 0 Å². The Morgan fingerprint density at radius 3 is 1.56 bits per heavy atom. The lowest BCUT2D eigenvalue weighted by atomic mass is 9.62. The van der Waals surface area contributed by atoms with Gasteiger partial charge in [0.1, 0.15) is 0 Å². The smallest absolute Gasteiger partial charge is 0.0670 e. The summed E-state index contributed by atoms with van der Waals surface area (Å²) < 4.78 is 0. The Balaban J connectivity index is 1.86. The maximum absolute atomic E-state index is 2.39. The molecule has 4 aromatic carbocycles. The summed E-state index contributed by atoms with van der Waals surface area (Å²) in [6, 6.07) is 38.2. The molecule has 0 bridgehead atoms. The van der Waals surface area contributed by atoms with E-state index in [1.807, 2.05) is 0 Å². The van der Waals surface area contributed by atoms with Crippen LogP contribution in [0, 0.1) is 20.8 Å². The monoisotopic (exact) mass is 440 g/mol. The molecule has 0 atom stereocenters. The third-order valence-electron chi connectivity index (χ3n) is 7.07. The fourth-order valence-electron chi connectivity index (χ4n) is 5.58.